The van der Waals surface area contributed by atoms with Gasteiger partial charge in [-0.1, -0.05) is 20.8 Å². The molecule has 0 bridgehead atoms. The Hall–Kier alpha value is -2.78. The third-order valence-electron chi connectivity index (χ3n) is 4.77. The van der Waals surface area contributed by atoms with Crippen molar-refractivity contribution in [2.75, 3.05) is 18.4 Å². The van der Waals surface area contributed by atoms with Crippen molar-refractivity contribution in [3.8, 4) is 5.75 Å². The number of benzene rings is 1. The highest BCUT2D eigenvalue weighted by Crippen LogP contribution is 2.26. The Balaban J connectivity index is 1.82. The van der Waals surface area contributed by atoms with Crippen LogP contribution < -0.4 is 10.1 Å². The molecule has 0 radical (unpaired) electrons. The monoisotopic (exact) mass is 444 g/mol. The minimum atomic E-state index is -4.80. The molecule has 0 aliphatic carbocycles. The molecule has 2 rings (SSSR count). The van der Waals surface area contributed by atoms with Crippen LogP contribution in [0.15, 0.2) is 24.3 Å². The van der Waals surface area contributed by atoms with Crippen LogP contribution in [0.2, 0.25) is 0 Å². The minimum absolute atomic E-state index is 0.0266. The zero-order chi connectivity index (χ0) is 23.4. The van der Waals surface area contributed by atoms with Crippen LogP contribution in [0.3, 0.4) is 0 Å². The van der Waals surface area contributed by atoms with E-state index in [-0.39, 0.29) is 11.6 Å². The summed E-state index contributed by atoms with van der Waals surface area (Å²) in [5.41, 5.74) is -0.256. The second-order valence-corrected chi connectivity index (χ2v) is 8.46. The number of carbonyl (C=O) groups excluding carboxylic acids is 3. The van der Waals surface area contributed by atoms with Gasteiger partial charge < -0.3 is 19.7 Å². The van der Waals surface area contributed by atoms with Gasteiger partial charge in [-0.25, -0.2) is 0 Å². The van der Waals surface area contributed by atoms with Crippen molar-refractivity contribution in [1.29, 1.82) is 0 Å². The number of halogens is 3. The lowest BCUT2D eigenvalue weighted by Crippen LogP contribution is -2.45. The molecule has 0 spiro atoms. The average molecular weight is 444 g/mol. The van der Waals surface area contributed by atoms with E-state index in [2.05, 4.69) is 10.1 Å². The Morgan fingerprint density at radius 2 is 1.61 bits per heavy atom. The molecule has 1 saturated heterocycles. The van der Waals surface area contributed by atoms with E-state index in [1.807, 2.05) is 20.8 Å². The van der Waals surface area contributed by atoms with Crippen molar-refractivity contribution in [2.45, 2.75) is 53.0 Å². The normalized spacial score (nSPS) is 16.4. The summed E-state index contributed by atoms with van der Waals surface area (Å²) < 4.78 is 45.6. The maximum atomic E-state index is 12.4. The fourth-order valence-corrected chi connectivity index (χ4v) is 3.10. The smallest absolute Gasteiger partial charge is 0.452 e. The van der Waals surface area contributed by atoms with Crippen molar-refractivity contribution in [3.63, 3.8) is 0 Å². The molecule has 1 aliphatic heterocycles. The zero-order valence-electron chi connectivity index (χ0n) is 17.9. The lowest BCUT2D eigenvalue weighted by atomic mass is 9.91. The van der Waals surface area contributed by atoms with E-state index < -0.39 is 41.4 Å². The Kier molecular flexibility index (Phi) is 7.56. The molecular weight excluding hydrogens is 417 g/mol. The van der Waals surface area contributed by atoms with E-state index >= 15 is 0 Å². The number of anilines is 1. The van der Waals surface area contributed by atoms with E-state index in [9.17, 15) is 27.6 Å². The number of hydrogen-bond donors (Lipinski definition) is 1. The van der Waals surface area contributed by atoms with Crippen molar-refractivity contribution >= 4 is 23.5 Å². The first kappa shape index (κ1) is 24.5. The molecule has 0 unspecified atom stereocenters. The Morgan fingerprint density at radius 3 is 2.10 bits per heavy atom. The number of hydrogen-bond acceptors (Lipinski definition) is 5. The first-order valence-electron chi connectivity index (χ1n) is 9.93. The van der Waals surface area contributed by atoms with Crippen molar-refractivity contribution in [2.24, 2.45) is 11.3 Å². The fourth-order valence-electron chi connectivity index (χ4n) is 3.10. The lowest BCUT2D eigenvalue weighted by molar-refractivity contribution is -0.274. The first-order chi connectivity index (χ1) is 14.3. The molecule has 1 aromatic rings. The van der Waals surface area contributed by atoms with Gasteiger partial charge in [-0.2, -0.15) is 0 Å². The number of esters is 1. The molecule has 7 nitrogen and oxygen atoms in total. The predicted molar refractivity (Wildman–Crippen MR) is 106 cm³/mol. The molecule has 1 N–H and O–H groups in total. The van der Waals surface area contributed by atoms with E-state index in [4.69, 9.17) is 4.74 Å². The largest absolute Gasteiger partial charge is 0.573 e. The van der Waals surface area contributed by atoms with E-state index in [1.165, 1.54) is 19.1 Å². The van der Waals surface area contributed by atoms with Gasteiger partial charge in [0.1, 0.15) is 5.75 Å². The van der Waals surface area contributed by atoms with Gasteiger partial charge in [-0.15, -0.1) is 13.2 Å². The molecule has 172 valence electrons. The van der Waals surface area contributed by atoms with Crippen LogP contribution in [0.5, 0.6) is 5.75 Å². The van der Waals surface area contributed by atoms with Crippen molar-refractivity contribution in [3.05, 3.63) is 24.3 Å². The molecule has 31 heavy (non-hydrogen) atoms. The van der Waals surface area contributed by atoms with Crippen LogP contribution in [-0.2, 0) is 19.1 Å². The summed E-state index contributed by atoms with van der Waals surface area (Å²) in [6, 6.07) is 4.61. The van der Waals surface area contributed by atoms with Gasteiger partial charge in [-0.05, 0) is 44.0 Å². The van der Waals surface area contributed by atoms with Gasteiger partial charge in [0.25, 0.3) is 5.91 Å². The number of nitrogens with one attached hydrogen (secondary N) is 1. The SMILES string of the molecule is C[C@@H](OC(=O)C1CCN(C(=O)C(C)(C)C)CC1)C(=O)Nc1ccc(OC(F)(F)F)cc1. The lowest BCUT2D eigenvalue weighted by Gasteiger charge is -2.35. The summed E-state index contributed by atoms with van der Waals surface area (Å²) >= 11 is 0. The third-order valence-corrected chi connectivity index (χ3v) is 4.77. The molecule has 1 aromatic carbocycles. The second kappa shape index (κ2) is 9.57. The average Bonchev–Trinajstić information content (AvgIpc) is 2.67. The van der Waals surface area contributed by atoms with E-state index in [1.54, 1.807) is 4.90 Å². The molecule has 2 amide bonds. The van der Waals surface area contributed by atoms with Gasteiger partial charge in [0, 0.05) is 24.2 Å². The maximum absolute atomic E-state index is 12.4. The number of carbonyl (C=O) groups is 3. The summed E-state index contributed by atoms with van der Waals surface area (Å²) in [5.74, 6) is -1.92. The predicted octanol–water partition coefficient (Wildman–Crippen LogP) is 3.74. The van der Waals surface area contributed by atoms with Crippen LogP contribution in [0.4, 0.5) is 18.9 Å². The number of amides is 2. The molecule has 0 aromatic heterocycles. The van der Waals surface area contributed by atoms with Gasteiger partial charge >= 0.3 is 12.3 Å². The minimum Gasteiger partial charge on any atom is -0.452 e. The molecule has 1 atom stereocenters. The number of nitrogens with zero attached hydrogens (tertiary/aromatic N) is 1. The van der Waals surface area contributed by atoms with Crippen LogP contribution in [0, 0.1) is 11.3 Å². The number of rotatable bonds is 5. The Bertz CT molecular complexity index is 795. The van der Waals surface area contributed by atoms with Gasteiger partial charge in [0.2, 0.25) is 5.91 Å². The standard InChI is InChI=1S/C21H27F3N2O5/c1-13(17(27)25-15-5-7-16(8-6-15)31-21(22,23)24)30-18(28)14-9-11-26(12-10-14)19(29)20(2,3)4/h5-8,13-14H,9-12H2,1-4H3,(H,25,27)/t13-/m1/s1. The third kappa shape index (κ3) is 7.45. The van der Waals surface area contributed by atoms with E-state index in [0.717, 1.165) is 12.1 Å². The summed E-state index contributed by atoms with van der Waals surface area (Å²) in [6.45, 7) is 7.82. The fraction of sp³-hybridized carbons (Fsp3) is 0.571. The highest BCUT2D eigenvalue weighted by molar-refractivity contribution is 5.95. The Labute approximate surface area is 178 Å². The molecule has 1 fully saturated rings. The van der Waals surface area contributed by atoms with Gasteiger partial charge in [0.05, 0.1) is 5.92 Å². The summed E-state index contributed by atoms with van der Waals surface area (Å²) in [6.07, 6.45) is -4.98. The number of piperidine rings is 1. The molecule has 0 saturated carbocycles. The number of alkyl halides is 3. The molecular formula is C21H27F3N2O5. The number of likely N-dealkylation sites (tertiary alicyclic amines) is 1. The zero-order valence-corrected chi connectivity index (χ0v) is 17.9. The quantitative estimate of drug-likeness (QED) is 0.700. The highest BCUT2D eigenvalue weighted by Gasteiger charge is 2.34. The highest BCUT2D eigenvalue weighted by atomic mass is 19.4. The van der Waals surface area contributed by atoms with Gasteiger partial charge in [-0.3, -0.25) is 14.4 Å². The summed E-state index contributed by atoms with van der Waals surface area (Å²) in [7, 11) is 0. The Morgan fingerprint density at radius 1 is 1.06 bits per heavy atom. The molecule has 10 heteroatoms. The summed E-state index contributed by atoms with van der Waals surface area (Å²) in [4.78, 5) is 38.7. The van der Waals surface area contributed by atoms with E-state index in [0.29, 0.717) is 25.9 Å². The van der Waals surface area contributed by atoms with Gasteiger partial charge in [0.15, 0.2) is 6.10 Å². The molecule has 1 aliphatic rings. The summed E-state index contributed by atoms with van der Waals surface area (Å²) in [5, 5.41) is 2.47. The van der Waals surface area contributed by atoms with Crippen LogP contribution in [0.25, 0.3) is 0 Å². The topological polar surface area (TPSA) is 84.9 Å². The number of ether oxygens (including phenoxy) is 2. The van der Waals surface area contributed by atoms with Crippen molar-refractivity contribution in [1.82, 2.24) is 4.90 Å². The first-order valence-corrected chi connectivity index (χ1v) is 9.93. The second-order valence-electron chi connectivity index (χ2n) is 8.46. The van der Waals surface area contributed by atoms with Crippen LogP contribution in [0.1, 0.15) is 40.5 Å². The van der Waals surface area contributed by atoms with Crippen LogP contribution in [-0.4, -0.2) is 48.2 Å². The maximum Gasteiger partial charge on any atom is 0.573 e. The van der Waals surface area contributed by atoms with Crippen LogP contribution >= 0.6 is 0 Å². The molecule has 1 heterocycles. The van der Waals surface area contributed by atoms with Crippen molar-refractivity contribution < 1.29 is 37.0 Å².